The summed E-state index contributed by atoms with van der Waals surface area (Å²) in [5.74, 6) is 0.483. The molecular formula is C12H15ClO3. The number of methoxy groups -OCH3 is 1. The molecule has 1 aromatic rings. The molecule has 0 saturated heterocycles. The van der Waals surface area contributed by atoms with E-state index in [0.717, 1.165) is 12.8 Å². The van der Waals surface area contributed by atoms with E-state index in [4.69, 9.17) is 16.3 Å². The lowest BCUT2D eigenvalue weighted by atomic mass is 10.0. The van der Waals surface area contributed by atoms with Crippen LogP contribution in [0.2, 0.25) is 5.02 Å². The Balaban J connectivity index is 2.41. The van der Waals surface area contributed by atoms with Gasteiger partial charge in [0.15, 0.2) is 11.5 Å². The Labute approximate surface area is 99.6 Å². The van der Waals surface area contributed by atoms with Crippen LogP contribution in [0, 0.1) is 6.92 Å². The van der Waals surface area contributed by atoms with E-state index in [0.29, 0.717) is 28.3 Å². The summed E-state index contributed by atoms with van der Waals surface area (Å²) in [6, 6.07) is 1.70. The summed E-state index contributed by atoms with van der Waals surface area (Å²) in [4.78, 5) is 0. The first-order valence-electron chi connectivity index (χ1n) is 5.24. The van der Waals surface area contributed by atoms with Crippen molar-refractivity contribution >= 4 is 11.6 Å². The standard InChI is InChI=1S/C12H15ClO3/c1-7-9(13)5-8(6-12(15)3-4-12)10(14)11(7)16-2/h5,14-15H,3-4,6H2,1-2H3. The first-order chi connectivity index (χ1) is 7.47. The minimum absolute atomic E-state index is 0.0877. The van der Waals surface area contributed by atoms with Crippen LogP contribution >= 0.6 is 11.6 Å². The van der Waals surface area contributed by atoms with Crippen molar-refractivity contribution in [2.75, 3.05) is 7.11 Å². The molecule has 0 unspecified atom stereocenters. The Morgan fingerprint density at radius 1 is 1.50 bits per heavy atom. The van der Waals surface area contributed by atoms with E-state index in [2.05, 4.69) is 0 Å². The van der Waals surface area contributed by atoms with Gasteiger partial charge in [-0.3, -0.25) is 0 Å². The fourth-order valence-electron chi connectivity index (χ4n) is 1.82. The van der Waals surface area contributed by atoms with Gasteiger partial charge < -0.3 is 14.9 Å². The minimum atomic E-state index is -0.652. The first kappa shape index (κ1) is 11.6. The van der Waals surface area contributed by atoms with Crippen molar-refractivity contribution in [2.24, 2.45) is 0 Å². The second kappa shape index (κ2) is 3.82. The third-order valence-electron chi connectivity index (χ3n) is 3.07. The molecule has 0 spiro atoms. The van der Waals surface area contributed by atoms with Crippen LogP contribution in [-0.4, -0.2) is 22.9 Å². The Hall–Kier alpha value is -0.930. The van der Waals surface area contributed by atoms with E-state index in [1.807, 2.05) is 0 Å². The summed E-state index contributed by atoms with van der Waals surface area (Å²) in [6.07, 6.45) is 1.98. The van der Waals surface area contributed by atoms with Crippen molar-refractivity contribution in [2.45, 2.75) is 31.8 Å². The van der Waals surface area contributed by atoms with Crippen molar-refractivity contribution in [3.63, 3.8) is 0 Å². The molecule has 0 radical (unpaired) electrons. The number of phenolic OH excluding ortho intramolecular Hbond substituents is 1. The highest BCUT2D eigenvalue weighted by Crippen LogP contribution is 2.44. The minimum Gasteiger partial charge on any atom is -0.504 e. The number of rotatable bonds is 3. The summed E-state index contributed by atoms with van der Waals surface area (Å²) in [5, 5.41) is 20.4. The van der Waals surface area contributed by atoms with Gasteiger partial charge in [0.25, 0.3) is 0 Å². The van der Waals surface area contributed by atoms with Crippen LogP contribution in [0.15, 0.2) is 6.07 Å². The molecule has 1 saturated carbocycles. The van der Waals surface area contributed by atoms with Crippen LogP contribution in [0.1, 0.15) is 24.0 Å². The fourth-order valence-corrected chi connectivity index (χ4v) is 2.04. The van der Waals surface area contributed by atoms with Gasteiger partial charge in [0, 0.05) is 22.6 Å². The van der Waals surface area contributed by atoms with Crippen molar-refractivity contribution < 1.29 is 14.9 Å². The average molecular weight is 243 g/mol. The van der Waals surface area contributed by atoms with Gasteiger partial charge in [-0.15, -0.1) is 0 Å². The van der Waals surface area contributed by atoms with Gasteiger partial charge in [0.1, 0.15) is 0 Å². The zero-order chi connectivity index (χ0) is 11.9. The maximum atomic E-state index is 9.99. The van der Waals surface area contributed by atoms with E-state index >= 15 is 0 Å². The number of halogens is 1. The highest BCUT2D eigenvalue weighted by Gasteiger charge is 2.41. The van der Waals surface area contributed by atoms with E-state index in [1.165, 1.54) is 7.11 Å². The number of aromatic hydroxyl groups is 1. The predicted molar refractivity (Wildman–Crippen MR) is 62.3 cm³/mol. The van der Waals surface area contributed by atoms with Crippen molar-refractivity contribution in [3.05, 3.63) is 22.2 Å². The number of aliphatic hydroxyl groups is 1. The molecule has 0 bridgehead atoms. The monoisotopic (exact) mass is 242 g/mol. The Morgan fingerprint density at radius 2 is 2.12 bits per heavy atom. The van der Waals surface area contributed by atoms with Crippen LogP contribution in [-0.2, 0) is 6.42 Å². The Morgan fingerprint density at radius 3 is 2.62 bits per heavy atom. The average Bonchev–Trinajstić information content (AvgIpc) is 2.94. The van der Waals surface area contributed by atoms with Crippen LogP contribution in [0.5, 0.6) is 11.5 Å². The molecule has 0 aliphatic heterocycles. The quantitative estimate of drug-likeness (QED) is 0.856. The molecule has 4 heteroatoms. The smallest absolute Gasteiger partial charge is 0.165 e. The topological polar surface area (TPSA) is 49.7 Å². The predicted octanol–water partition coefficient (Wildman–Crippen LogP) is 2.43. The van der Waals surface area contributed by atoms with Gasteiger partial charge in [-0.2, -0.15) is 0 Å². The first-order valence-corrected chi connectivity index (χ1v) is 5.62. The van der Waals surface area contributed by atoms with E-state index in [9.17, 15) is 10.2 Å². The summed E-state index contributed by atoms with van der Waals surface area (Å²) in [5.41, 5.74) is 0.710. The summed E-state index contributed by atoms with van der Waals surface area (Å²) >= 11 is 6.05. The molecule has 2 rings (SSSR count). The summed E-state index contributed by atoms with van der Waals surface area (Å²) < 4.78 is 5.12. The van der Waals surface area contributed by atoms with Crippen LogP contribution in [0.3, 0.4) is 0 Å². The van der Waals surface area contributed by atoms with Gasteiger partial charge in [0.05, 0.1) is 12.7 Å². The molecular weight excluding hydrogens is 228 g/mol. The lowest BCUT2D eigenvalue weighted by Gasteiger charge is -2.15. The molecule has 0 atom stereocenters. The van der Waals surface area contributed by atoms with Gasteiger partial charge >= 0.3 is 0 Å². The van der Waals surface area contributed by atoms with Crippen LogP contribution in [0.4, 0.5) is 0 Å². The summed E-state index contributed by atoms with van der Waals surface area (Å²) in [7, 11) is 1.49. The Kier molecular flexibility index (Phi) is 2.76. The molecule has 1 aliphatic carbocycles. The van der Waals surface area contributed by atoms with E-state index in [-0.39, 0.29) is 5.75 Å². The zero-order valence-electron chi connectivity index (χ0n) is 9.38. The van der Waals surface area contributed by atoms with Crippen molar-refractivity contribution in [3.8, 4) is 11.5 Å². The largest absolute Gasteiger partial charge is 0.504 e. The lowest BCUT2D eigenvalue weighted by molar-refractivity contribution is 0.150. The zero-order valence-corrected chi connectivity index (χ0v) is 10.1. The molecule has 2 N–H and O–H groups in total. The van der Waals surface area contributed by atoms with Gasteiger partial charge in [-0.05, 0) is 25.8 Å². The third kappa shape index (κ3) is 1.97. The summed E-state index contributed by atoms with van der Waals surface area (Å²) in [6.45, 7) is 1.79. The highest BCUT2D eigenvalue weighted by atomic mass is 35.5. The van der Waals surface area contributed by atoms with Gasteiger partial charge in [0.2, 0.25) is 0 Å². The number of hydrogen-bond acceptors (Lipinski definition) is 3. The fraction of sp³-hybridized carbons (Fsp3) is 0.500. The second-order valence-corrected chi connectivity index (χ2v) is 4.83. The van der Waals surface area contributed by atoms with Gasteiger partial charge in [-0.25, -0.2) is 0 Å². The maximum Gasteiger partial charge on any atom is 0.165 e. The molecule has 3 nitrogen and oxygen atoms in total. The highest BCUT2D eigenvalue weighted by molar-refractivity contribution is 6.31. The third-order valence-corrected chi connectivity index (χ3v) is 3.46. The molecule has 0 aromatic heterocycles. The molecule has 1 fully saturated rings. The number of benzene rings is 1. The Bertz CT molecular complexity index is 425. The molecule has 0 heterocycles. The molecule has 0 amide bonds. The number of ether oxygens (including phenoxy) is 1. The molecule has 88 valence electrons. The molecule has 1 aromatic carbocycles. The van der Waals surface area contributed by atoms with E-state index < -0.39 is 5.60 Å². The number of phenols is 1. The van der Waals surface area contributed by atoms with Crippen LogP contribution in [0.25, 0.3) is 0 Å². The van der Waals surface area contributed by atoms with Crippen LogP contribution < -0.4 is 4.74 Å². The molecule has 1 aliphatic rings. The van der Waals surface area contributed by atoms with E-state index in [1.54, 1.807) is 13.0 Å². The second-order valence-electron chi connectivity index (χ2n) is 4.43. The maximum absolute atomic E-state index is 9.99. The van der Waals surface area contributed by atoms with Crippen molar-refractivity contribution in [1.29, 1.82) is 0 Å². The number of hydrogen-bond donors (Lipinski definition) is 2. The SMILES string of the molecule is COc1c(C)c(Cl)cc(CC2(O)CC2)c1O. The van der Waals surface area contributed by atoms with Crippen molar-refractivity contribution in [1.82, 2.24) is 0 Å². The van der Waals surface area contributed by atoms with Gasteiger partial charge in [-0.1, -0.05) is 11.6 Å². The normalized spacial score (nSPS) is 17.2. The lowest BCUT2D eigenvalue weighted by Crippen LogP contribution is -2.11. The molecule has 16 heavy (non-hydrogen) atoms.